The molecule has 3 aromatic rings. The van der Waals surface area contributed by atoms with E-state index in [-0.39, 0.29) is 18.3 Å². The number of hydrogen-bond acceptors (Lipinski definition) is 6. The number of carbonyl (C=O) groups is 2. The molecule has 0 fully saturated rings. The van der Waals surface area contributed by atoms with Gasteiger partial charge in [0, 0.05) is 17.3 Å². The van der Waals surface area contributed by atoms with Gasteiger partial charge >= 0.3 is 5.97 Å². The van der Waals surface area contributed by atoms with Crippen molar-refractivity contribution in [2.45, 2.75) is 26.2 Å². The van der Waals surface area contributed by atoms with E-state index < -0.39 is 0 Å². The molecule has 28 heavy (non-hydrogen) atoms. The summed E-state index contributed by atoms with van der Waals surface area (Å²) in [4.78, 5) is 32.9. The van der Waals surface area contributed by atoms with E-state index in [0.717, 1.165) is 23.5 Å². The lowest BCUT2D eigenvalue weighted by molar-refractivity contribution is -0.115. The number of hydrogen-bond donors (Lipinski definition) is 1. The standard InChI is InChI=1S/C21H21N3O3S/c1-2-3-12-27-21(26)15-7-9-16(10-8-15)23-19(25)13-17-14-28-20(24-17)18-6-4-5-11-22-18/h4-11,14H,2-3,12-13H2,1H3,(H,23,25). The van der Waals surface area contributed by atoms with E-state index in [9.17, 15) is 9.59 Å². The fourth-order valence-corrected chi connectivity index (χ4v) is 3.24. The molecule has 0 saturated heterocycles. The van der Waals surface area contributed by atoms with Crippen LogP contribution in [0.3, 0.4) is 0 Å². The lowest BCUT2D eigenvalue weighted by Crippen LogP contribution is -2.14. The second-order valence-electron chi connectivity index (χ2n) is 6.15. The maximum Gasteiger partial charge on any atom is 0.338 e. The van der Waals surface area contributed by atoms with Crippen molar-refractivity contribution in [1.82, 2.24) is 9.97 Å². The number of carbonyl (C=O) groups excluding carboxylic acids is 2. The average Bonchev–Trinajstić information content (AvgIpc) is 3.17. The summed E-state index contributed by atoms with van der Waals surface area (Å²) < 4.78 is 5.17. The number of pyridine rings is 1. The average molecular weight is 395 g/mol. The predicted octanol–water partition coefficient (Wildman–Crippen LogP) is 4.34. The molecule has 0 aliphatic heterocycles. The largest absolute Gasteiger partial charge is 0.462 e. The number of thiazole rings is 1. The summed E-state index contributed by atoms with van der Waals surface area (Å²) in [6, 6.07) is 12.3. The van der Waals surface area contributed by atoms with Gasteiger partial charge in [-0.3, -0.25) is 9.78 Å². The molecule has 0 aliphatic carbocycles. The van der Waals surface area contributed by atoms with Crippen LogP contribution in [0.1, 0.15) is 35.8 Å². The Morgan fingerprint density at radius 2 is 1.96 bits per heavy atom. The number of amides is 1. The second-order valence-corrected chi connectivity index (χ2v) is 7.01. The summed E-state index contributed by atoms with van der Waals surface area (Å²) in [7, 11) is 0. The molecule has 144 valence electrons. The highest BCUT2D eigenvalue weighted by Crippen LogP contribution is 2.21. The Bertz CT molecular complexity index is 924. The Kier molecular flexibility index (Phi) is 6.86. The van der Waals surface area contributed by atoms with Crippen molar-refractivity contribution >= 4 is 28.9 Å². The number of aromatic nitrogens is 2. The SMILES string of the molecule is CCCCOC(=O)c1ccc(NC(=O)Cc2csc(-c3ccccn3)n2)cc1. The van der Waals surface area contributed by atoms with E-state index >= 15 is 0 Å². The minimum atomic E-state index is -0.351. The highest BCUT2D eigenvalue weighted by Gasteiger charge is 2.11. The molecule has 2 heterocycles. The molecule has 0 radical (unpaired) electrons. The molecule has 1 N–H and O–H groups in total. The quantitative estimate of drug-likeness (QED) is 0.453. The van der Waals surface area contributed by atoms with Crippen LogP contribution in [0.4, 0.5) is 5.69 Å². The first kappa shape index (κ1) is 19.7. The summed E-state index contributed by atoms with van der Waals surface area (Å²) in [6.07, 6.45) is 3.70. The van der Waals surface area contributed by atoms with Gasteiger partial charge in [0.25, 0.3) is 0 Å². The number of anilines is 1. The van der Waals surface area contributed by atoms with Crippen molar-refractivity contribution in [3.8, 4) is 10.7 Å². The van der Waals surface area contributed by atoms with Crippen LogP contribution >= 0.6 is 11.3 Å². The van der Waals surface area contributed by atoms with Gasteiger partial charge in [-0.15, -0.1) is 11.3 Å². The lowest BCUT2D eigenvalue weighted by atomic mass is 10.2. The van der Waals surface area contributed by atoms with Crippen LogP contribution in [0.15, 0.2) is 54.0 Å². The van der Waals surface area contributed by atoms with Crippen molar-refractivity contribution in [2.24, 2.45) is 0 Å². The van der Waals surface area contributed by atoms with Crippen molar-refractivity contribution < 1.29 is 14.3 Å². The summed E-state index contributed by atoms with van der Waals surface area (Å²) in [5.41, 5.74) is 2.57. The minimum absolute atomic E-state index is 0.170. The van der Waals surface area contributed by atoms with Gasteiger partial charge in [0.1, 0.15) is 5.01 Å². The van der Waals surface area contributed by atoms with Crippen molar-refractivity contribution in [3.63, 3.8) is 0 Å². The van der Waals surface area contributed by atoms with Crippen molar-refractivity contribution in [2.75, 3.05) is 11.9 Å². The molecule has 0 unspecified atom stereocenters. The molecule has 0 atom stereocenters. The number of esters is 1. The number of benzene rings is 1. The first-order valence-corrected chi connectivity index (χ1v) is 9.96. The van der Waals surface area contributed by atoms with E-state index in [2.05, 4.69) is 15.3 Å². The topological polar surface area (TPSA) is 81.2 Å². The second kappa shape index (κ2) is 9.75. The Balaban J connectivity index is 1.54. The number of unbranched alkanes of at least 4 members (excludes halogenated alkanes) is 1. The van der Waals surface area contributed by atoms with Crippen LogP contribution in [0.2, 0.25) is 0 Å². The van der Waals surface area contributed by atoms with E-state index in [1.165, 1.54) is 11.3 Å². The van der Waals surface area contributed by atoms with Gasteiger partial charge in [0.05, 0.1) is 30.0 Å². The minimum Gasteiger partial charge on any atom is -0.462 e. The van der Waals surface area contributed by atoms with Gasteiger partial charge < -0.3 is 10.1 Å². The molecular formula is C21H21N3O3S. The third-order valence-corrected chi connectivity index (χ3v) is 4.83. The molecule has 0 saturated carbocycles. The molecule has 6 nitrogen and oxygen atoms in total. The molecule has 0 aliphatic rings. The van der Waals surface area contributed by atoms with Gasteiger partial charge in [-0.2, -0.15) is 0 Å². The Morgan fingerprint density at radius 3 is 2.68 bits per heavy atom. The first-order chi connectivity index (χ1) is 13.7. The zero-order chi connectivity index (χ0) is 19.8. The van der Waals surface area contributed by atoms with Crippen LogP contribution in [-0.4, -0.2) is 28.5 Å². The van der Waals surface area contributed by atoms with Gasteiger partial charge in [-0.1, -0.05) is 19.4 Å². The maximum absolute atomic E-state index is 12.3. The summed E-state index contributed by atoms with van der Waals surface area (Å²) in [5.74, 6) is -0.521. The molecule has 1 aromatic carbocycles. The molecule has 1 amide bonds. The van der Waals surface area contributed by atoms with E-state index in [0.29, 0.717) is 23.6 Å². The van der Waals surface area contributed by atoms with Crippen LogP contribution in [0, 0.1) is 0 Å². The third-order valence-electron chi connectivity index (χ3n) is 3.91. The third kappa shape index (κ3) is 5.47. The van der Waals surface area contributed by atoms with Crippen LogP contribution in [0.25, 0.3) is 10.7 Å². The predicted molar refractivity (Wildman–Crippen MR) is 109 cm³/mol. The fourth-order valence-electron chi connectivity index (χ4n) is 2.45. The zero-order valence-electron chi connectivity index (χ0n) is 15.6. The molecule has 7 heteroatoms. The van der Waals surface area contributed by atoms with Crippen molar-refractivity contribution in [3.05, 3.63) is 65.3 Å². The molecule has 0 spiro atoms. The first-order valence-electron chi connectivity index (χ1n) is 9.08. The summed E-state index contributed by atoms with van der Waals surface area (Å²) in [5, 5.41) is 5.46. The normalized spacial score (nSPS) is 10.5. The van der Waals surface area contributed by atoms with Crippen LogP contribution in [-0.2, 0) is 16.0 Å². The summed E-state index contributed by atoms with van der Waals surface area (Å²) in [6.45, 7) is 2.46. The van der Waals surface area contributed by atoms with Gasteiger partial charge in [0.15, 0.2) is 0 Å². The Labute approximate surface area is 167 Å². The lowest BCUT2D eigenvalue weighted by Gasteiger charge is -2.06. The smallest absolute Gasteiger partial charge is 0.338 e. The van der Waals surface area contributed by atoms with E-state index in [1.807, 2.05) is 30.5 Å². The Morgan fingerprint density at radius 1 is 1.14 bits per heavy atom. The van der Waals surface area contributed by atoms with Crippen molar-refractivity contribution in [1.29, 1.82) is 0 Å². The fraction of sp³-hybridized carbons (Fsp3) is 0.238. The molecule has 2 aromatic heterocycles. The maximum atomic E-state index is 12.3. The number of ether oxygens (including phenoxy) is 1. The monoisotopic (exact) mass is 395 g/mol. The number of nitrogens with zero attached hydrogens (tertiary/aromatic N) is 2. The molecule has 0 bridgehead atoms. The number of nitrogens with one attached hydrogen (secondary N) is 1. The van der Waals surface area contributed by atoms with Gasteiger partial charge in [-0.05, 0) is 42.8 Å². The highest BCUT2D eigenvalue weighted by atomic mass is 32.1. The van der Waals surface area contributed by atoms with E-state index in [4.69, 9.17) is 4.74 Å². The number of rotatable bonds is 8. The molecular weight excluding hydrogens is 374 g/mol. The molecule has 3 rings (SSSR count). The Hall–Kier alpha value is -3.06. The van der Waals surface area contributed by atoms with E-state index in [1.54, 1.807) is 30.5 Å². The highest BCUT2D eigenvalue weighted by molar-refractivity contribution is 7.13. The van der Waals surface area contributed by atoms with Gasteiger partial charge in [-0.25, -0.2) is 9.78 Å². The van der Waals surface area contributed by atoms with Crippen LogP contribution < -0.4 is 5.32 Å². The summed E-state index contributed by atoms with van der Waals surface area (Å²) >= 11 is 1.46. The van der Waals surface area contributed by atoms with Gasteiger partial charge in [0.2, 0.25) is 5.91 Å². The zero-order valence-corrected chi connectivity index (χ0v) is 16.4. The van der Waals surface area contributed by atoms with Crippen LogP contribution in [0.5, 0.6) is 0 Å².